The van der Waals surface area contributed by atoms with Crippen molar-refractivity contribution in [1.82, 2.24) is 9.88 Å². The van der Waals surface area contributed by atoms with Crippen LogP contribution in [-0.4, -0.2) is 54.3 Å². The summed E-state index contributed by atoms with van der Waals surface area (Å²) in [5, 5.41) is 3.05. The van der Waals surface area contributed by atoms with Crippen LogP contribution in [0.3, 0.4) is 0 Å². The highest BCUT2D eigenvalue weighted by molar-refractivity contribution is 8.01. The molecule has 6 nitrogen and oxygen atoms in total. The number of anilines is 1. The first kappa shape index (κ1) is 19.1. The van der Waals surface area contributed by atoms with E-state index in [1.807, 2.05) is 18.2 Å². The van der Waals surface area contributed by atoms with Crippen molar-refractivity contribution in [3.63, 3.8) is 0 Å². The number of fused-ring (bicyclic) bond motifs is 1. The fourth-order valence-corrected chi connectivity index (χ4v) is 4.98. The van der Waals surface area contributed by atoms with Crippen molar-refractivity contribution >= 4 is 50.9 Å². The van der Waals surface area contributed by atoms with Crippen LogP contribution in [0.1, 0.15) is 19.8 Å². The molecule has 26 heavy (non-hydrogen) atoms. The lowest BCUT2D eigenvalue weighted by atomic mass is 9.97. The molecular formula is C18H23N3O3S2. The minimum absolute atomic E-state index is 0.0540. The molecule has 1 aliphatic rings. The molecule has 0 aliphatic carbocycles. The fourth-order valence-electron chi connectivity index (χ4n) is 2.98. The first-order valence-electron chi connectivity index (χ1n) is 8.67. The van der Waals surface area contributed by atoms with Gasteiger partial charge in [-0.05, 0) is 44.6 Å². The average Bonchev–Trinajstić information content (AvgIpc) is 3.00. The summed E-state index contributed by atoms with van der Waals surface area (Å²) in [6.45, 7) is 3.67. The maximum Gasteiger partial charge on any atom is 0.302 e. The summed E-state index contributed by atoms with van der Waals surface area (Å²) in [5.74, 6) is 0.562. The zero-order chi connectivity index (χ0) is 18.5. The molecular weight excluding hydrogens is 370 g/mol. The molecule has 0 spiro atoms. The van der Waals surface area contributed by atoms with Crippen molar-refractivity contribution in [2.75, 3.05) is 37.8 Å². The van der Waals surface area contributed by atoms with Gasteiger partial charge >= 0.3 is 5.97 Å². The number of hydrogen-bond acceptors (Lipinski definition) is 7. The molecule has 1 saturated heterocycles. The topological polar surface area (TPSA) is 71.5 Å². The van der Waals surface area contributed by atoms with Gasteiger partial charge in [0, 0.05) is 24.9 Å². The van der Waals surface area contributed by atoms with E-state index in [0.717, 1.165) is 46.2 Å². The van der Waals surface area contributed by atoms with Crippen LogP contribution in [-0.2, 0) is 14.3 Å². The summed E-state index contributed by atoms with van der Waals surface area (Å²) in [7, 11) is 2.06. The van der Waals surface area contributed by atoms with Gasteiger partial charge in [-0.25, -0.2) is 4.98 Å². The van der Waals surface area contributed by atoms with E-state index in [4.69, 9.17) is 4.74 Å². The second-order valence-electron chi connectivity index (χ2n) is 6.44. The number of piperidine rings is 1. The van der Waals surface area contributed by atoms with Crippen molar-refractivity contribution in [1.29, 1.82) is 0 Å². The fraction of sp³-hybridized carbons (Fsp3) is 0.500. The van der Waals surface area contributed by atoms with Crippen molar-refractivity contribution in [3.8, 4) is 0 Å². The van der Waals surface area contributed by atoms with Gasteiger partial charge in [0.25, 0.3) is 0 Å². The number of thiazole rings is 1. The predicted molar refractivity (Wildman–Crippen MR) is 106 cm³/mol. The number of thioether (sulfide) groups is 1. The maximum absolute atomic E-state index is 12.5. The van der Waals surface area contributed by atoms with E-state index in [2.05, 4.69) is 22.2 Å². The molecule has 140 valence electrons. The number of esters is 1. The first-order valence-corrected chi connectivity index (χ1v) is 10.5. The number of carbonyl (C=O) groups excluding carboxylic acids is 2. The number of likely N-dealkylation sites (tertiary alicyclic amines) is 1. The third-order valence-electron chi connectivity index (χ3n) is 4.25. The number of hydrogen-bond donors (Lipinski definition) is 1. The van der Waals surface area contributed by atoms with Gasteiger partial charge in [-0.15, -0.1) is 11.3 Å². The Morgan fingerprint density at radius 1 is 1.46 bits per heavy atom. The van der Waals surface area contributed by atoms with Crippen molar-refractivity contribution in [3.05, 3.63) is 18.2 Å². The van der Waals surface area contributed by atoms with Gasteiger partial charge in [-0.3, -0.25) is 9.59 Å². The van der Waals surface area contributed by atoms with Gasteiger partial charge in [0.05, 0.1) is 16.1 Å². The number of ether oxygens (including phenoxy) is 1. The van der Waals surface area contributed by atoms with E-state index in [1.54, 1.807) is 23.1 Å². The van der Waals surface area contributed by atoms with Crippen LogP contribution in [0.15, 0.2) is 22.5 Å². The first-order chi connectivity index (χ1) is 12.5. The van der Waals surface area contributed by atoms with E-state index in [1.165, 1.54) is 6.92 Å². The molecule has 2 aromatic rings. The number of rotatable bonds is 6. The van der Waals surface area contributed by atoms with Crippen LogP contribution in [0.2, 0.25) is 0 Å². The van der Waals surface area contributed by atoms with Crippen LogP contribution < -0.4 is 5.32 Å². The van der Waals surface area contributed by atoms with Gasteiger partial charge in [-0.1, -0.05) is 11.8 Å². The largest absolute Gasteiger partial charge is 0.465 e. The summed E-state index contributed by atoms with van der Waals surface area (Å²) >= 11 is 3.15. The Kier molecular flexibility index (Phi) is 6.50. The quantitative estimate of drug-likeness (QED) is 0.462. The Morgan fingerprint density at radius 3 is 3.08 bits per heavy atom. The molecule has 1 aromatic carbocycles. The summed E-state index contributed by atoms with van der Waals surface area (Å²) < 4.78 is 6.91. The van der Waals surface area contributed by atoms with Crippen LogP contribution in [0.5, 0.6) is 0 Å². The predicted octanol–water partition coefficient (Wildman–Crippen LogP) is 3.23. The second kappa shape index (κ2) is 8.83. The van der Waals surface area contributed by atoms with Crippen molar-refractivity contribution in [2.45, 2.75) is 24.1 Å². The van der Waals surface area contributed by atoms with Crippen LogP contribution >= 0.6 is 23.1 Å². The molecule has 1 unspecified atom stereocenters. The minimum Gasteiger partial charge on any atom is -0.465 e. The third-order valence-corrected chi connectivity index (χ3v) is 6.37. The summed E-state index contributed by atoms with van der Waals surface area (Å²) in [4.78, 5) is 30.0. The monoisotopic (exact) mass is 393 g/mol. The molecule has 3 rings (SSSR count). The lowest BCUT2D eigenvalue weighted by Crippen LogP contribution is -2.38. The average molecular weight is 394 g/mol. The summed E-state index contributed by atoms with van der Waals surface area (Å²) in [5.41, 5.74) is 1.73. The maximum atomic E-state index is 12.5. The van der Waals surface area contributed by atoms with E-state index < -0.39 is 0 Å². The number of carbonyl (C=O) groups is 2. The number of benzene rings is 1. The molecule has 0 radical (unpaired) electrons. The number of nitrogens with zero attached hydrogens (tertiary/aromatic N) is 2. The van der Waals surface area contributed by atoms with E-state index in [9.17, 15) is 9.59 Å². The SMILES string of the molecule is CC(=O)OCCSc1nc2ccc(NC(=O)C3CCCN(C)C3)cc2s1. The van der Waals surface area contributed by atoms with Crippen LogP contribution in [0.4, 0.5) is 5.69 Å². The minimum atomic E-state index is -0.264. The lowest BCUT2D eigenvalue weighted by Gasteiger charge is -2.28. The number of nitrogens with one attached hydrogen (secondary N) is 1. The normalized spacial score (nSPS) is 18.0. The molecule has 8 heteroatoms. The van der Waals surface area contributed by atoms with Gasteiger partial charge in [-0.2, -0.15) is 0 Å². The van der Waals surface area contributed by atoms with Gasteiger partial charge in [0.2, 0.25) is 5.91 Å². The standard InChI is InChI=1S/C18H23N3O3S2/c1-12(22)24-8-9-25-18-20-15-6-5-14(10-16(15)26-18)19-17(23)13-4-3-7-21(2)11-13/h5-6,10,13H,3-4,7-9,11H2,1-2H3,(H,19,23). The van der Waals surface area contributed by atoms with Crippen LogP contribution in [0, 0.1) is 5.92 Å². The Bertz CT molecular complexity index is 793. The Balaban J connectivity index is 1.59. The Hall–Kier alpha value is -1.64. The summed E-state index contributed by atoms with van der Waals surface area (Å²) in [6, 6.07) is 5.82. The number of aromatic nitrogens is 1. The second-order valence-corrected chi connectivity index (χ2v) is 8.81. The molecule has 1 aliphatic heterocycles. The van der Waals surface area contributed by atoms with E-state index >= 15 is 0 Å². The van der Waals surface area contributed by atoms with Gasteiger partial charge in [0.1, 0.15) is 6.61 Å². The van der Waals surface area contributed by atoms with Crippen LogP contribution in [0.25, 0.3) is 10.2 Å². The van der Waals surface area contributed by atoms with Gasteiger partial charge < -0.3 is 15.0 Å². The van der Waals surface area contributed by atoms with E-state index in [-0.39, 0.29) is 17.8 Å². The molecule has 1 fully saturated rings. The molecule has 1 aromatic heterocycles. The van der Waals surface area contributed by atoms with Crippen molar-refractivity contribution in [2.24, 2.45) is 5.92 Å². The molecule has 1 amide bonds. The molecule has 0 saturated carbocycles. The highest BCUT2D eigenvalue weighted by Gasteiger charge is 2.24. The smallest absolute Gasteiger partial charge is 0.302 e. The Morgan fingerprint density at radius 2 is 2.31 bits per heavy atom. The zero-order valence-corrected chi connectivity index (χ0v) is 16.6. The van der Waals surface area contributed by atoms with E-state index in [0.29, 0.717) is 12.4 Å². The third kappa shape index (κ3) is 5.18. The Labute approximate surface area is 161 Å². The molecule has 1 atom stereocenters. The zero-order valence-electron chi connectivity index (χ0n) is 15.0. The number of amides is 1. The summed E-state index contributed by atoms with van der Waals surface area (Å²) in [6.07, 6.45) is 2.01. The van der Waals surface area contributed by atoms with Crippen molar-refractivity contribution < 1.29 is 14.3 Å². The highest BCUT2D eigenvalue weighted by atomic mass is 32.2. The molecule has 1 N–H and O–H groups in total. The molecule has 2 heterocycles. The van der Waals surface area contributed by atoms with Gasteiger partial charge in [0.15, 0.2) is 4.34 Å². The highest BCUT2D eigenvalue weighted by Crippen LogP contribution is 2.31. The molecule has 0 bridgehead atoms. The lowest BCUT2D eigenvalue weighted by molar-refractivity contribution is -0.140.